The average molecular weight is 383 g/mol. The fraction of sp³-hybridized carbons (Fsp3) is 0.364. The first kappa shape index (κ1) is 20.0. The molecule has 0 saturated carbocycles. The third-order valence-corrected chi connectivity index (χ3v) is 4.69. The molecule has 2 unspecified atom stereocenters. The molecule has 0 spiro atoms. The molecule has 6 heteroatoms. The second-order valence-electron chi connectivity index (χ2n) is 6.85. The number of hydrogen-bond donors (Lipinski definition) is 2. The van der Waals surface area contributed by atoms with Crippen molar-refractivity contribution in [1.29, 1.82) is 0 Å². The number of carbonyl (C=O) groups is 2. The standard InChI is InChI=1S/C22H25NO5/c24-18-12-7-13-23-20(18)22(26)28-19(14-16-8-3-1-4-9-16)21(25)27-15-17-10-5-2-6-11-17/h1-6,8-11,18-20,23-24H,7,12-15H2/t18?,19-,20?/m0/s1. The van der Waals surface area contributed by atoms with Gasteiger partial charge in [-0.1, -0.05) is 60.7 Å². The Labute approximate surface area is 164 Å². The number of benzene rings is 2. The lowest BCUT2D eigenvalue weighted by Crippen LogP contribution is -2.52. The zero-order chi connectivity index (χ0) is 19.8. The van der Waals surface area contributed by atoms with E-state index in [9.17, 15) is 14.7 Å². The molecule has 0 aliphatic carbocycles. The Hall–Kier alpha value is -2.70. The highest BCUT2D eigenvalue weighted by molar-refractivity contribution is 5.82. The fourth-order valence-corrected chi connectivity index (χ4v) is 3.15. The number of aliphatic hydroxyl groups is 1. The van der Waals surface area contributed by atoms with Gasteiger partial charge in [0, 0.05) is 6.42 Å². The molecule has 1 aliphatic heterocycles. The van der Waals surface area contributed by atoms with Gasteiger partial charge in [-0.15, -0.1) is 0 Å². The predicted molar refractivity (Wildman–Crippen MR) is 103 cm³/mol. The molecule has 1 heterocycles. The molecule has 2 aromatic rings. The molecule has 0 bridgehead atoms. The van der Waals surface area contributed by atoms with Crippen LogP contribution < -0.4 is 5.32 Å². The van der Waals surface area contributed by atoms with Gasteiger partial charge in [-0.3, -0.25) is 4.79 Å². The second-order valence-corrected chi connectivity index (χ2v) is 6.85. The Morgan fingerprint density at radius 2 is 1.68 bits per heavy atom. The number of ether oxygens (including phenoxy) is 2. The highest BCUT2D eigenvalue weighted by Crippen LogP contribution is 2.14. The van der Waals surface area contributed by atoms with Crippen molar-refractivity contribution in [2.24, 2.45) is 0 Å². The lowest BCUT2D eigenvalue weighted by molar-refractivity contribution is -0.172. The number of piperidine rings is 1. The normalized spacial score (nSPS) is 20.2. The molecule has 1 fully saturated rings. The summed E-state index contributed by atoms with van der Waals surface area (Å²) in [5, 5.41) is 13.0. The van der Waals surface area contributed by atoms with E-state index in [1.54, 1.807) is 0 Å². The lowest BCUT2D eigenvalue weighted by atomic mass is 10.0. The zero-order valence-corrected chi connectivity index (χ0v) is 15.6. The SMILES string of the molecule is O=C(O[C@@H](Cc1ccccc1)C(=O)OCc1ccccc1)C1NCCCC1O. The van der Waals surface area contributed by atoms with E-state index in [1.807, 2.05) is 60.7 Å². The van der Waals surface area contributed by atoms with Gasteiger partial charge in [0.15, 0.2) is 0 Å². The van der Waals surface area contributed by atoms with Gasteiger partial charge >= 0.3 is 11.9 Å². The van der Waals surface area contributed by atoms with Crippen LogP contribution in [0.3, 0.4) is 0 Å². The minimum Gasteiger partial charge on any atom is -0.458 e. The summed E-state index contributed by atoms with van der Waals surface area (Å²) in [4.78, 5) is 25.2. The van der Waals surface area contributed by atoms with Crippen molar-refractivity contribution in [3.05, 3.63) is 71.8 Å². The van der Waals surface area contributed by atoms with Crippen LogP contribution in [-0.2, 0) is 32.1 Å². The second kappa shape index (κ2) is 10.0. The van der Waals surface area contributed by atoms with Gasteiger partial charge in [-0.2, -0.15) is 0 Å². The van der Waals surface area contributed by atoms with Gasteiger partial charge < -0.3 is 19.9 Å². The van der Waals surface area contributed by atoms with Gasteiger partial charge in [0.05, 0.1) is 6.10 Å². The molecule has 3 atom stereocenters. The van der Waals surface area contributed by atoms with Crippen LogP contribution in [0.2, 0.25) is 0 Å². The monoisotopic (exact) mass is 383 g/mol. The molecule has 0 aromatic heterocycles. The van der Waals surface area contributed by atoms with Crippen molar-refractivity contribution in [2.45, 2.75) is 44.1 Å². The van der Waals surface area contributed by atoms with Crippen molar-refractivity contribution < 1.29 is 24.2 Å². The van der Waals surface area contributed by atoms with E-state index < -0.39 is 30.2 Å². The van der Waals surface area contributed by atoms with Gasteiger partial charge in [-0.25, -0.2) is 4.79 Å². The van der Waals surface area contributed by atoms with Crippen LogP contribution >= 0.6 is 0 Å². The van der Waals surface area contributed by atoms with Gasteiger partial charge in [-0.05, 0) is 30.5 Å². The highest BCUT2D eigenvalue weighted by Gasteiger charge is 2.34. The maximum Gasteiger partial charge on any atom is 0.348 e. The van der Waals surface area contributed by atoms with Gasteiger partial charge in [0.2, 0.25) is 6.10 Å². The van der Waals surface area contributed by atoms with Crippen LogP contribution in [0.15, 0.2) is 60.7 Å². The first-order valence-corrected chi connectivity index (χ1v) is 9.50. The summed E-state index contributed by atoms with van der Waals surface area (Å²) in [6.07, 6.45) is -0.372. The Balaban J connectivity index is 1.67. The molecule has 1 saturated heterocycles. The number of esters is 2. The summed E-state index contributed by atoms with van der Waals surface area (Å²) in [7, 11) is 0. The van der Waals surface area contributed by atoms with Crippen LogP contribution in [0.4, 0.5) is 0 Å². The van der Waals surface area contributed by atoms with Crippen LogP contribution in [-0.4, -0.2) is 41.8 Å². The molecule has 0 radical (unpaired) electrons. The van der Waals surface area contributed by atoms with Crippen molar-refractivity contribution in [1.82, 2.24) is 5.32 Å². The first-order chi connectivity index (χ1) is 13.6. The summed E-state index contributed by atoms with van der Waals surface area (Å²) in [5.74, 6) is -1.24. The average Bonchev–Trinajstić information content (AvgIpc) is 2.73. The van der Waals surface area contributed by atoms with Crippen LogP contribution in [0.25, 0.3) is 0 Å². The van der Waals surface area contributed by atoms with Crippen LogP contribution in [0, 0.1) is 0 Å². The topological polar surface area (TPSA) is 84.9 Å². The molecule has 1 aliphatic rings. The molecule has 2 aromatic carbocycles. The minimum atomic E-state index is -1.07. The fourth-order valence-electron chi connectivity index (χ4n) is 3.15. The summed E-state index contributed by atoms with van der Waals surface area (Å²) >= 11 is 0. The van der Waals surface area contributed by atoms with Crippen molar-refractivity contribution in [3.8, 4) is 0 Å². The Morgan fingerprint density at radius 3 is 2.32 bits per heavy atom. The summed E-state index contributed by atoms with van der Waals surface area (Å²) in [6.45, 7) is 0.728. The number of carbonyl (C=O) groups excluding carboxylic acids is 2. The van der Waals surface area contributed by atoms with Crippen molar-refractivity contribution >= 4 is 11.9 Å². The number of hydrogen-bond acceptors (Lipinski definition) is 6. The molecule has 3 rings (SSSR count). The molecule has 28 heavy (non-hydrogen) atoms. The number of nitrogens with one attached hydrogen (secondary N) is 1. The quantitative estimate of drug-likeness (QED) is 0.712. The smallest absolute Gasteiger partial charge is 0.348 e. The summed E-state index contributed by atoms with van der Waals surface area (Å²) in [5.41, 5.74) is 1.71. The minimum absolute atomic E-state index is 0.104. The number of aliphatic hydroxyl groups excluding tert-OH is 1. The predicted octanol–water partition coefficient (Wildman–Crippen LogP) is 2.00. The van der Waals surface area contributed by atoms with E-state index in [4.69, 9.17) is 9.47 Å². The lowest BCUT2D eigenvalue weighted by Gasteiger charge is -2.28. The number of rotatable bonds is 7. The van der Waals surface area contributed by atoms with E-state index in [0.29, 0.717) is 13.0 Å². The van der Waals surface area contributed by atoms with Crippen molar-refractivity contribution in [2.75, 3.05) is 6.54 Å². The molecule has 2 N–H and O–H groups in total. The maximum absolute atomic E-state index is 12.6. The van der Waals surface area contributed by atoms with E-state index in [0.717, 1.165) is 17.5 Å². The summed E-state index contributed by atoms with van der Waals surface area (Å²) < 4.78 is 10.9. The van der Waals surface area contributed by atoms with E-state index in [-0.39, 0.29) is 13.0 Å². The third kappa shape index (κ3) is 5.65. The molecule has 0 amide bonds. The Morgan fingerprint density at radius 1 is 1.04 bits per heavy atom. The van der Waals surface area contributed by atoms with E-state index in [2.05, 4.69) is 5.32 Å². The third-order valence-electron chi connectivity index (χ3n) is 4.69. The summed E-state index contributed by atoms with van der Waals surface area (Å²) in [6, 6.07) is 17.8. The molecule has 6 nitrogen and oxygen atoms in total. The largest absolute Gasteiger partial charge is 0.458 e. The van der Waals surface area contributed by atoms with E-state index in [1.165, 1.54) is 0 Å². The zero-order valence-electron chi connectivity index (χ0n) is 15.6. The van der Waals surface area contributed by atoms with Gasteiger partial charge in [0.25, 0.3) is 0 Å². The molecular formula is C22H25NO5. The first-order valence-electron chi connectivity index (χ1n) is 9.50. The maximum atomic E-state index is 12.6. The Bertz CT molecular complexity index is 765. The highest BCUT2D eigenvalue weighted by atomic mass is 16.6. The van der Waals surface area contributed by atoms with Crippen molar-refractivity contribution in [3.63, 3.8) is 0 Å². The van der Waals surface area contributed by atoms with E-state index >= 15 is 0 Å². The molecule has 148 valence electrons. The van der Waals surface area contributed by atoms with Gasteiger partial charge in [0.1, 0.15) is 12.6 Å². The Kier molecular flexibility index (Phi) is 7.17. The molecular weight excluding hydrogens is 358 g/mol. The van der Waals surface area contributed by atoms with Crippen LogP contribution in [0.1, 0.15) is 24.0 Å². The van der Waals surface area contributed by atoms with Crippen LogP contribution in [0.5, 0.6) is 0 Å².